The van der Waals surface area contributed by atoms with E-state index >= 15 is 0 Å². The Morgan fingerprint density at radius 2 is 1.70 bits per heavy atom. The number of amides is 1. The fourth-order valence-corrected chi connectivity index (χ4v) is 4.35. The van der Waals surface area contributed by atoms with Crippen molar-refractivity contribution in [1.82, 2.24) is 10.3 Å². The van der Waals surface area contributed by atoms with Crippen LogP contribution in [0.5, 0.6) is 0 Å². The molecular weight excluding hydrogens is 422 g/mol. The van der Waals surface area contributed by atoms with Gasteiger partial charge >= 0.3 is 0 Å². The number of rotatable bonds is 6. The van der Waals surface area contributed by atoms with Gasteiger partial charge in [0.15, 0.2) is 0 Å². The van der Waals surface area contributed by atoms with E-state index in [0.717, 1.165) is 16.9 Å². The highest BCUT2D eigenvalue weighted by atomic mass is 19.3. The van der Waals surface area contributed by atoms with Gasteiger partial charge in [0.05, 0.1) is 0 Å². The fraction of sp³-hybridized carbons (Fsp3) is 0.538. The predicted molar refractivity (Wildman–Crippen MR) is 130 cm³/mol. The van der Waals surface area contributed by atoms with Crippen molar-refractivity contribution in [3.8, 4) is 0 Å². The van der Waals surface area contributed by atoms with Crippen LogP contribution in [0.25, 0.3) is 0 Å². The number of hydrogen-bond acceptors (Lipinski definition) is 4. The summed E-state index contributed by atoms with van der Waals surface area (Å²) < 4.78 is 27.2. The largest absolute Gasteiger partial charge is 0.377 e. The quantitative estimate of drug-likeness (QED) is 0.637. The molecule has 1 N–H and O–H groups in total. The number of nitrogens with zero attached hydrogens (tertiary/aromatic N) is 3. The number of pyridine rings is 1. The van der Waals surface area contributed by atoms with Crippen molar-refractivity contribution in [3.63, 3.8) is 0 Å². The summed E-state index contributed by atoms with van der Waals surface area (Å²) in [5.41, 5.74) is 3.78. The minimum atomic E-state index is -2.63. The predicted octanol–water partition coefficient (Wildman–Crippen LogP) is 5.32. The van der Waals surface area contributed by atoms with E-state index in [1.807, 2.05) is 49.1 Å². The van der Waals surface area contributed by atoms with E-state index in [-0.39, 0.29) is 43.0 Å². The lowest BCUT2D eigenvalue weighted by Gasteiger charge is -2.35. The van der Waals surface area contributed by atoms with Crippen molar-refractivity contribution in [1.29, 1.82) is 0 Å². The standard InChI is InChI=1S/C26H36F2N4O/c1-25(2,3)18-7-9-20(10-8-18)32(6)23(21-17-29-16-13-22(21)31(4)5)24(33)30-19-11-14-26(27,28)15-12-19/h7-10,13,16-17,19,23H,11-12,14-15H2,1-6H3,(H,30,33). The summed E-state index contributed by atoms with van der Waals surface area (Å²) in [6, 6.07) is 9.18. The molecule has 1 heterocycles. The van der Waals surface area contributed by atoms with Crippen molar-refractivity contribution >= 4 is 17.3 Å². The minimum absolute atomic E-state index is 0.0262. The SMILES string of the molecule is CN(C)c1ccncc1C(C(=O)NC1CCC(F)(F)CC1)N(C)c1ccc(C(C)(C)C)cc1. The van der Waals surface area contributed by atoms with Crippen molar-refractivity contribution in [2.24, 2.45) is 0 Å². The second-order valence-electron chi connectivity index (χ2n) is 10.3. The lowest BCUT2D eigenvalue weighted by molar-refractivity contribution is -0.124. The number of likely N-dealkylation sites (N-methyl/N-ethyl adjacent to an activating group) is 1. The van der Waals surface area contributed by atoms with E-state index in [9.17, 15) is 13.6 Å². The number of halogens is 2. The van der Waals surface area contributed by atoms with Crippen LogP contribution in [0, 0.1) is 0 Å². The first-order valence-electron chi connectivity index (χ1n) is 11.5. The monoisotopic (exact) mass is 458 g/mol. The molecule has 33 heavy (non-hydrogen) atoms. The highest BCUT2D eigenvalue weighted by molar-refractivity contribution is 5.88. The second kappa shape index (κ2) is 9.65. The number of aromatic nitrogens is 1. The molecule has 1 aliphatic carbocycles. The molecule has 2 aromatic rings. The first-order valence-corrected chi connectivity index (χ1v) is 11.5. The van der Waals surface area contributed by atoms with Crippen LogP contribution in [0.15, 0.2) is 42.7 Å². The number of carbonyl (C=O) groups excluding carboxylic acids is 1. The van der Waals surface area contributed by atoms with Crippen LogP contribution in [-0.4, -0.2) is 44.0 Å². The summed E-state index contributed by atoms with van der Waals surface area (Å²) in [6.45, 7) is 6.48. The second-order valence-corrected chi connectivity index (χ2v) is 10.3. The zero-order valence-corrected chi connectivity index (χ0v) is 20.5. The summed E-state index contributed by atoms with van der Waals surface area (Å²) >= 11 is 0. The molecule has 0 saturated heterocycles. The fourth-order valence-electron chi connectivity index (χ4n) is 4.35. The normalized spacial score (nSPS) is 17.3. The number of alkyl halides is 2. The lowest BCUT2D eigenvalue weighted by atomic mass is 9.87. The van der Waals surface area contributed by atoms with E-state index in [1.54, 1.807) is 12.4 Å². The van der Waals surface area contributed by atoms with Gasteiger partial charge in [-0.25, -0.2) is 8.78 Å². The third kappa shape index (κ3) is 6.01. The lowest BCUT2D eigenvalue weighted by Crippen LogP contribution is -2.46. The van der Waals surface area contributed by atoms with E-state index in [4.69, 9.17) is 0 Å². The average molecular weight is 459 g/mol. The highest BCUT2D eigenvalue weighted by Gasteiger charge is 2.37. The van der Waals surface area contributed by atoms with Gasteiger partial charge < -0.3 is 15.1 Å². The number of carbonyl (C=O) groups is 1. The van der Waals surface area contributed by atoms with Gasteiger partial charge in [0.2, 0.25) is 11.8 Å². The van der Waals surface area contributed by atoms with Crippen LogP contribution >= 0.6 is 0 Å². The molecule has 5 nitrogen and oxygen atoms in total. The molecule has 1 atom stereocenters. The smallest absolute Gasteiger partial charge is 0.248 e. The first-order chi connectivity index (χ1) is 15.4. The molecule has 0 aliphatic heterocycles. The summed E-state index contributed by atoms with van der Waals surface area (Å²) in [5, 5.41) is 3.05. The third-order valence-corrected chi connectivity index (χ3v) is 6.44. The van der Waals surface area contributed by atoms with Gasteiger partial charge in [0.1, 0.15) is 6.04 Å². The maximum Gasteiger partial charge on any atom is 0.248 e. The van der Waals surface area contributed by atoms with Crippen LogP contribution < -0.4 is 15.1 Å². The number of anilines is 2. The molecule has 1 saturated carbocycles. The maximum absolute atomic E-state index is 13.6. The van der Waals surface area contributed by atoms with Crippen LogP contribution in [-0.2, 0) is 10.2 Å². The molecule has 3 rings (SSSR count). The molecule has 1 unspecified atom stereocenters. The molecule has 0 bridgehead atoms. The van der Waals surface area contributed by atoms with Crippen LogP contribution in [0.4, 0.5) is 20.2 Å². The molecular formula is C26H36F2N4O. The van der Waals surface area contributed by atoms with Gasteiger partial charge in [0.25, 0.3) is 0 Å². The van der Waals surface area contributed by atoms with E-state index in [1.165, 1.54) is 5.56 Å². The Hall–Kier alpha value is -2.70. The molecule has 1 aliphatic rings. The highest BCUT2D eigenvalue weighted by Crippen LogP contribution is 2.35. The van der Waals surface area contributed by atoms with Crippen molar-refractivity contribution in [3.05, 3.63) is 53.9 Å². The Kier molecular flexibility index (Phi) is 7.29. The topological polar surface area (TPSA) is 48.5 Å². The summed E-state index contributed by atoms with van der Waals surface area (Å²) in [4.78, 5) is 21.8. The van der Waals surface area contributed by atoms with E-state index < -0.39 is 12.0 Å². The number of hydrogen-bond donors (Lipinski definition) is 1. The van der Waals surface area contributed by atoms with Gasteiger partial charge in [-0.3, -0.25) is 9.78 Å². The Labute approximate surface area is 196 Å². The van der Waals surface area contributed by atoms with E-state index in [0.29, 0.717) is 0 Å². The van der Waals surface area contributed by atoms with Crippen molar-refractivity contribution < 1.29 is 13.6 Å². The summed E-state index contributed by atoms with van der Waals surface area (Å²) in [6.07, 6.45) is 3.60. The van der Waals surface area contributed by atoms with Crippen molar-refractivity contribution in [2.75, 3.05) is 30.9 Å². The maximum atomic E-state index is 13.6. The minimum Gasteiger partial charge on any atom is -0.377 e. The number of nitrogens with one attached hydrogen (secondary N) is 1. The number of benzene rings is 1. The van der Waals surface area contributed by atoms with Gasteiger partial charge in [-0.15, -0.1) is 0 Å². The van der Waals surface area contributed by atoms with Gasteiger partial charge in [-0.05, 0) is 42.0 Å². The van der Waals surface area contributed by atoms with Crippen molar-refractivity contribution in [2.45, 2.75) is 69.9 Å². The molecule has 7 heteroatoms. The van der Waals surface area contributed by atoms with Crippen LogP contribution in [0.3, 0.4) is 0 Å². The average Bonchev–Trinajstić information content (AvgIpc) is 2.75. The Bertz CT molecular complexity index is 944. The Morgan fingerprint density at radius 3 is 2.24 bits per heavy atom. The molecule has 1 aromatic carbocycles. The summed E-state index contributed by atoms with van der Waals surface area (Å²) in [7, 11) is 5.74. The Balaban J connectivity index is 1.93. The van der Waals surface area contributed by atoms with Gasteiger partial charge in [-0.1, -0.05) is 32.9 Å². The molecule has 1 amide bonds. The zero-order valence-electron chi connectivity index (χ0n) is 20.5. The van der Waals surface area contributed by atoms with E-state index in [2.05, 4.69) is 43.2 Å². The third-order valence-electron chi connectivity index (χ3n) is 6.44. The molecule has 180 valence electrons. The molecule has 0 spiro atoms. The van der Waals surface area contributed by atoms with Gasteiger partial charge in [-0.2, -0.15) is 0 Å². The van der Waals surface area contributed by atoms with Crippen LogP contribution in [0.1, 0.15) is 63.6 Å². The molecule has 1 aromatic heterocycles. The first kappa shape index (κ1) is 24.9. The molecule has 0 radical (unpaired) electrons. The van der Waals surface area contributed by atoms with Gasteiger partial charge in [0, 0.05) is 69.4 Å². The Morgan fingerprint density at radius 1 is 1.09 bits per heavy atom. The summed E-state index contributed by atoms with van der Waals surface area (Å²) in [5.74, 6) is -2.84. The zero-order chi connectivity index (χ0) is 24.4. The molecule has 1 fully saturated rings. The van der Waals surface area contributed by atoms with Crippen LogP contribution in [0.2, 0.25) is 0 Å².